The fourth-order valence-electron chi connectivity index (χ4n) is 1.55. The van der Waals surface area contributed by atoms with E-state index in [2.05, 4.69) is 5.32 Å². The zero-order chi connectivity index (χ0) is 15.3. The standard InChI is InChI=1S/C13H17Cl2NO3S/c1-3-9(2)16-13(17)8-20(18,19)7-10-4-5-11(14)12(15)6-10/h4-6,9H,3,7-8H2,1-2H3,(H,16,17)/t9-/m0/s1. The summed E-state index contributed by atoms with van der Waals surface area (Å²) >= 11 is 11.6. The van der Waals surface area contributed by atoms with Crippen LogP contribution >= 0.6 is 23.2 Å². The smallest absolute Gasteiger partial charge is 0.235 e. The first kappa shape index (κ1) is 17.3. The zero-order valence-corrected chi connectivity index (χ0v) is 13.6. The number of sulfone groups is 1. The Balaban J connectivity index is 2.70. The SMILES string of the molecule is CC[C@H](C)NC(=O)CS(=O)(=O)Cc1ccc(Cl)c(Cl)c1. The van der Waals surface area contributed by atoms with Crippen LogP contribution in [0.25, 0.3) is 0 Å². The van der Waals surface area contributed by atoms with Crippen LogP contribution in [-0.4, -0.2) is 26.1 Å². The van der Waals surface area contributed by atoms with Crippen molar-refractivity contribution in [3.63, 3.8) is 0 Å². The van der Waals surface area contributed by atoms with Crippen LogP contribution < -0.4 is 5.32 Å². The predicted octanol–water partition coefficient (Wildman–Crippen LogP) is 2.82. The largest absolute Gasteiger partial charge is 0.353 e. The van der Waals surface area contributed by atoms with Crippen molar-refractivity contribution in [2.45, 2.75) is 32.1 Å². The molecule has 1 aromatic rings. The lowest BCUT2D eigenvalue weighted by atomic mass is 10.2. The summed E-state index contributed by atoms with van der Waals surface area (Å²) < 4.78 is 23.9. The number of carbonyl (C=O) groups excluding carboxylic acids is 1. The molecule has 0 saturated carbocycles. The maximum atomic E-state index is 11.9. The Morgan fingerprint density at radius 3 is 2.50 bits per heavy atom. The minimum Gasteiger partial charge on any atom is -0.353 e. The molecule has 0 spiro atoms. The maximum absolute atomic E-state index is 11.9. The average Bonchev–Trinajstić information content (AvgIpc) is 2.32. The van der Waals surface area contributed by atoms with Crippen molar-refractivity contribution < 1.29 is 13.2 Å². The molecule has 112 valence electrons. The highest BCUT2D eigenvalue weighted by Gasteiger charge is 2.18. The Kier molecular flexibility index (Phi) is 6.30. The topological polar surface area (TPSA) is 63.2 Å². The van der Waals surface area contributed by atoms with E-state index in [4.69, 9.17) is 23.2 Å². The lowest BCUT2D eigenvalue weighted by Crippen LogP contribution is -2.36. The number of halogens is 2. The molecule has 20 heavy (non-hydrogen) atoms. The summed E-state index contributed by atoms with van der Waals surface area (Å²) in [7, 11) is -3.53. The van der Waals surface area contributed by atoms with Gasteiger partial charge in [0.1, 0.15) is 5.75 Å². The molecule has 0 aliphatic heterocycles. The van der Waals surface area contributed by atoms with Gasteiger partial charge in [-0.15, -0.1) is 0 Å². The summed E-state index contributed by atoms with van der Waals surface area (Å²) in [5.41, 5.74) is 0.510. The highest BCUT2D eigenvalue weighted by molar-refractivity contribution is 7.91. The van der Waals surface area contributed by atoms with Crippen molar-refractivity contribution >= 4 is 38.9 Å². The van der Waals surface area contributed by atoms with Gasteiger partial charge in [0, 0.05) is 6.04 Å². The van der Waals surface area contributed by atoms with Crippen LogP contribution in [0.5, 0.6) is 0 Å². The maximum Gasteiger partial charge on any atom is 0.235 e. The molecule has 0 fully saturated rings. The molecule has 0 bridgehead atoms. The number of nitrogens with one attached hydrogen (secondary N) is 1. The van der Waals surface area contributed by atoms with Crippen LogP contribution in [-0.2, 0) is 20.4 Å². The Morgan fingerprint density at radius 2 is 1.95 bits per heavy atom. The Hall–Kier alpha value is -0.780. The van der Waals surface area contributed by atoms with Crippen molar-refractivity contribution in [2.24, 2.45) is 0 Å². The fourth-order valence-corrected chi connectivity index (χ4v) is 3.15. The summed E-state index contributed by atoms with van der Waals surface area (Å²) in [6, 6.07) is 4.57. The summed E-state index contributed by atoms with van der Waals surface area (Å²) in [6.07, 6.45) is 0.749. The molecule has 1 amide bonds. The monoisotopic (exact) mass is 337 g/mol. The molecule has 0 saturated heterocycles. The van der Waals surface area contributed by atoms with Crippen molar-refractivity contribution in [3.05, 3.63) is 33.8 Å². The first-order valence-electron chi connectivity index (χ1n) is 6.17. The first-order chi connectivity index (χ1) is 9.23. The Morgan fingerprint density at radius 1 is 1.30 bits per heavy atom. The average molecular weight is 338 g/mol. The zero-order valence-electron chi connectivity index (χ0n) is 11.3. The molecule has 7 heteroatoms. The number of hydrogen-bond acceptors (Lipinski definition) is 3. The van der Waals surface area contributed by atoms with E-state index in [9.17, 15) is 13.2 Å². The summed E-state index contributed by atoms with van der Waals surface area (Å²) in [6.45, 7) is 3.73. The molecule has 1 atom stereocenters. The van der Waals surface area contributed by atoms with Crippen LogP contribution in [0.2, 0.25) is 10.0 Å². The minimum absolute atomic E-state index is 0.0392. The molecule has 1 aromatic carbocycles. The van der Waals surface area contributed by atoms with E-state index in [-0.39, 0.29) is 11.8 Å². The first-order valence-corrected chi connectivity index (χ1v) is 8.75. The molecule has 0 unspecified atom stereocenters. The highest BCUT2D eigenvalue weighted by atomic mass is 35.5. The molecule has 0 aliphatic carbocycles. The summed E-state index contributed by atoms with van der Waals surface area (Å²) in [4.78, 5) is 11.6. The van der Waals surface area contributed by atoms with Gasteiger partial charge in [-0.2, -0.15) is 0 Å². The van der Waals surface area contributed by atoms with Crippen molar-refractivity contribution in [3.8, 4) is 0 Å². The highest BCUT2D eigenvalue weighted by Crippen LogP contribution is 2.23. The van der Waals surface area contributed by atoms with Gasteiger partial charge in [-0.1, -0.05) is 36.2 Å². The van der Waals surface area contributed by atoms with E-state index >= 15 is 0 Å². The van der Waals surface area contributed by atoms with Crippen molar-refractivity contribution in [1.29, 1.82) is 0 Å². The summed E-state index contributed by atoms with van der Waals surface area (Å²) in [5.74, 6) is -1.26. The Bertz CT molecular complexity index is 587. The lowest BCUT2D eigenvalue weighted by Gasteiger charge is -2.11. The lowest BCUT2D eigenvalue weighted by molar-refractivity contribution is -0.119. The van der Waals surface area contributed by atoms with E-state index in [1.54, 1.807) is 6.07 Å². The number of hydrogen-bond donors (Lipinski definition) is 1. The van der Waals surface area contributed by atoms with E-state index < -0.39 is 21.5 Å². The van der Waals surface area contributed by atoms with Gasteiger partial charge in [-0.05, 0) is 31.0 Å². The second kappa shape index (κ2) is 7.29. The van der Waals surface area contributed by atoms with E-state index in [0.29, 0.717) is 15.6 Å². The van der Waals surface area contributed by atoms with Crippen LogP contribution in [0.4, 0.5) is 0 Å². The number of rotatable bonds is 6. The molecule has 4 nitrogen and oxygen atoms in total. The third kappa shape index (κ3) is 5.69. The van der Waals surface area contributed by atoms with Gasteiger partial charge in [-0.3, -0.25) is 4.79 Å². The molecular formula is C13H17Cl2NO3S. The summed E-state index contributed by atoms with van der Waals surface area (Å²) in [5, 5.41) is 3.28. The van der Waals surface area contributed by atoms with Crippen molar-refractivity contribution in [2.75, 3.05) is 5.75 Å². The quantitative estimate of drug-likeness (QED) is 0.868. The fraction of sp³-hybridized carbons (Fsp3) is 0.462. The van der Waals surface area contributed by atoms with Gasteiger partial charge in [0.05, 0.1) is 15.8 Å². The van der Waals surface area contributed by atoms with Gasteiger partial charge in [-0.25, -0.2) is 8.42 Å². The second-order valence-electron chi connectivity index (χ2n) is 4.66. The van der Waals surface area contributed by atoms with Crippen molar-refractivity contribution in [1.82, 2.24) is 5.32 Å². The van der Waals surface area contributed by atoms with Gasteiger partial charge < -0.3 is 5.32 Å². The van der Waals surface area contributed by atoms with E-state index in [0.717, 1.165) is 6.42 Å². The molecule has 1 rings (SSSR count). The van der Waals surface area contributed by atoms with Gasteiger partial charge in [0.2, 0.25) is 5.91 Å². The van der Waals surface area contributed by atoms with E-state index in [1.807, 2.05) is 13.8 Å². The molecule has 0 aromatic heterocycles. The van der Waals surface area contributed by atoms with E-state index in [1.165, 1.54) is 12.1 Å². The third-order valence-corrected chi connectivity index (χ3v) is 4.96. The van der Waals surface area contributed by atoms with Crippen LogP contribution in [0.3, 0.4) is 0 Å². The Labute approximate surface area is 129 Å². The van der Waals surface area contributed by atoms with Crippen LogP contribution in [0.1, 0.15) is 25.8 Å². The number of carbonyl (C=O) groups is 1. The van der Waals surface area contributed by atoms with Crippen LogP contribution in [0.15, 0.2) is 18.2 Å². The molecule has 0 aliphatic rings. The van der Waals surface area contributed by atoms with Gasteiger partial charge in [0.25, 0.3) is 0 Å². The van der Waals surface area contributed by atoms with Gasteiger partial charge in [0.15, 0.2) is 9.84 Å². The van der Waals surface area contributed by atoms with Gasteiger partial charge >= 0.3 is 0 Å². The van der Waals surface area contributed by atoms with Crippen LogP contribution in [0, 0.1) is 0 Å². The number of benzene rings is 1. The number of amides is 1. The predicted molar refractivity (Wildman–Crippen MR) is 81.8 cm³/mol. The molecule has 0 radical (unpaired) electrons. The third-order valence-electron chi connectivity index (χ3n) is 2.74. The molecule has 0 heterocycles. The molecule has 1 N–H and O–H groups in total. The minimum atomic E-state index is -3.53. The normalized spacial score (nSPS) is 13.0. The second-order valence-corrected chi connectivity index (χ2v) is 7.54. The molecular weight excluding hydrogens is 321 g/mol.